The van der Waals surface area contributed by atoms with Gasteiger partial charge < -0.3 is 4.74 Å². The van der Waals surface area contributed by atoms with Crippen LogP contribution in [-0.2, 0) is 14.3 Å². The van der Waals surface area contributed by atoms with Gasteiger partial charge in [0.05, 0.1) is 0 Å². The van der Waals surface area contributed by atoms with E-state index >= 15 is 0 Å². The molecule has 2 fully saturated rings. The molecule has 0 spiro atoms. The first kappa shape index (κ1) is 10.0. The molecule has 0 aromatic rings. The molecule has 80 valence electrons. The van der Waals surface area contributed by atoms with Crippen molar-refractivity contribution in [2.75, 3.05) is 0 Å². The summed E-state index contributed by atoms with van der Waals surface area (Å²) in [7, 11) is 0. The van der Waals surface area contributed by atoms with Crippen LogP contribution in [0, 0.1) is 11.8 Å². The minimum absolute atomic E-state index is 0.0424. The van der Waals surface area contributed by atoms with E-state index in [1.807, 2.05) is 12.2 Å². The zero-order valence-electron chi connectivity index (χ0n) is 7.70. The molecule has 4 rings (SSSR count). The number of rotatable bonds is 0. The van der Waals surface area contributed by atoms with Crippen LogP contribution in [0.3, 0.4) is 0 Å². The lowest BCUT2D eigenvalue weighted by Gasteiger charge is -2.48. The zero-order valence-corrected chi connectivity index (χ0v) is 10.9. The summed E-state index contributed by atoms with van der Waals surface area (Å²) in [5.41, 5.74) is 0. The second kappa shape index (κ2) is 2.74. The molecule has 0 N–H and O–H groups in total. The van der Waals surface area contributed by atoms with E-state index in [1.165, 1.54) is 0 Å². The molecule has 0 amide bonds. The van der Waals surface area contributed by atoms with Gasteiger partial charge in [0, 0.05) is 11.8 Å². The lowest BCUT2D eigenvalue weighted by molar-refractivity contribution is -0.153. The van der Waals surface area contributed by atoms with Gasteiger partial charge in [-0.1, -0.05) is 44.0 Å². The van der Waals surface area contributed by atoms with Crippen LogP contribution in [0.25, 0.3) is 0 Å². The molecule has 15 heavy (non-hydrogen) atoms. The number of halogens is 2. The Morgan fingerprint density at radius 1 is 1.07 bits per heavy atom. The van der Waals surface area contributed by atoms with Crippen molar-refractivity contribution in [3.05, 3.63) is 12.2 Å². The first-order chi connectivity index (χ1) is 7.01. The highest BCUT2D eigenvalue weighted by molar-refractivity contribution is 9.13. The van der Waals surface area contributed by atoms with Gasteiger partial charge in [0.1, 0.15) is 0 Å². The molecule has 0 aromatic heterocycles. The molecule has 4 aliphatic rings. The summed E-state index contributed by atoms with van der Waals surface area (Å²) < 4.78 is 3.00. The topological polar surface area (TPSA) is 43.4 Å². The van der Waals surface area contributed by atoms with Crippen LogP contribution in [0.1, 0.15) is 12.8 Å². The van der Waals surface area contributed by atoms with E-state index < -0.39 is 20.6 Å². The van der Waals surface area contributed by atoms with Gasteiger partial charge in [0.25, 0.3) is 0 Å². The van der Waals surface area contributed by atoms with Crippen LogP contribution < -0.4 is 0 Å². The average molecular weight is 336 g/mol. The predicted octanol–water partition coefficient (Wildman–Crippen LogP) is 1.93. The van der Waals surface area contributed by atoms with Crippen LogP contribution in [0.4, 0.5) is 0 Å². The standard InChI is InChI=1S/C10H8Br2O3/c11-9-5-1-2-6(4-3-5)10(9,12)8(14)15-7(9)13/h1-2,5-6H,3-4H2/t5-,6-,9+,10+/m0/s1. The van der Waals surface area contributed by atoms with Crippen molar-refractivity contribution < 1.29 is 14.3 Å². The summed E-state index contributed by atoms with van der Waals surface area (Å²) in [4.78, 5) is 23.6. The van der Waals surface area contributed by atoms with E-state index in [9.17, 15) is 9.59 Å². The molecule has 3 nitrogen and oxygen atoms in total. The SMILES string of the molecule is O=C1OC(=O)[C@]2(Br)[C@H]3C=C[C@@H](CC3)[C@@]12Br. The molecule has 1 heterocycles. The highest BCUT2D eigenvalue weighted by atomic mass is 79.9. The van der Waals surface area contributed by atoms with Crippen molar-refractivity contribution in [1.29, 1.82) is 0 Å². The quantitative estimate of drug-likeness (QED) is 0.294. The largest absolute Gasteiger partial charge is 0.391 e. The maximum atomic E-state index is 11.8. The highest BCUT2D eigenvalue weighted by Crippen LogP contribution is 2.62. The highest BCUT2D eigenvalue weighted by Gasteiger charge is 2.74. The fraction of sp³-hybridized carbons (Fsp3) is 0.600. The summed E-state index contributed by atoms with van der Waals surface area (Å²) in [6.07, 6.45) is 5.87. The maximum Gasteiger partial charge on any atom is 0.333 e. The Morgan fingerprint density at radius 2 is 1.47 bits per heavy atom. The number of carbonyl (C=O) groups is 2. The Hall–Kier alpha value is -0.160. The molecule has 1 aliphatic heterocycles. The number of hydrogen-bond donors (Lipinski definition) is 0. The summed E-state index contributed by atoms with van der Waals surface area (Å²) in [5, 5.41) is 0. The molecule has 1 saturated carbocycles. The molecule has 2 bridgehead atoms. The van der Waals surface area contributed by atoms with Crippen molar-refractivity contribution in [2.45, 2.75) is 21.5 Å². The third-order valence-corrected chi connectivity index (χ3v) is 7.30. The van der Waals surface area contributed by atoms with Gasteiger partial charge >= 0.3 is 11.9 Å². The summed E-state index contributed by atoms with van der Waals surface area (Å²) in [6, 6.07) is 0. The van der Waals surface area contributed by atoms with Gasteiger partial charge in [-0.25, -0.2) is 9.59 Å². The average Bonchev–Trinajstić information content (AvgIpc) is 2.42. The van der Waals surface area contributed by atoms with Gasteiger partial charge in [-0.15, -0.1) is 0 Å². The minimum atomic E-state index is -0.894. The second-order valence-electron chi connectivity index (χ2n) is 4.28. The predicted molar refractivity (Wildman–Crippen MR) is 59.8 cm³/mol. The Bertz CT molecular complexity index is 369. The van der Waals surface area contributed by atoms with Crippen molar-refractivity contribution in [2.24, 2.45) is 11.8 Å². The molecule has 4 atom stereocenters. The summed E-state index contributed by atoms with van der Waals surface area (Å²) in [5.74, 6) is -0.825. The van der Waals surface area contributed by atoms with Crippen molar-refractivity contribution >= 4 is 43.8 Å². The van der Waals surface area contributed by atoms with Crippen LogP contribution >= 0.6 is 31.9 Å². The fourth-order valence-electron chi connectivity index (χ4n) is 2.85. The Morgan fingerprint density at radius 3 is 1.80 bits per heavy atom. The molecule has 1 saturated heterocycles. The van der Waals surface area contributed by atoms with Gasteiger partial charge in [-0.3, -0.25) is 0 Å². The van der Waals surface area contributed by atoms with Crippen molar-refractivity contribution in [3.63, 3.8) is 0 Å². The number of hydrogen-bond acceptors (Lipinski definition) is 3. The van der Waals surface area contributed by atoms with E-state index in [-0.39, 0.29) is 11.8 Å². The van der Waals surface area contributed by atoms with E-state index in [1.54, 1.807) is 0 Å². The van der Waals surface area contributed by atoms with Crippen LogP contribution in [-0.4, -0.2) is 20.6 Å². The van der Waals surface area contributed by atoms with Crippen molar-refractivity contribution in [3.8, 4) is 0 Å². The van der Waals surface area contributed by atoms with E-state index in [0.29, 0.717) is 0 Å². The fourth-order valence-corrected chi connectivity index (χ4v) is 4.69. The van der Waals surface area contributed by atoms with Gasteiger partial charge in [-0.05, 0) is 12.8 Å². The van der Waals surface area contributed by atoms with Crippen LogP contribution in [0.15, 0.2) is 12.2 Å². The summed E-state index contributed by atoms with van der Waals surface area (Å²) >= 11 is 6.90. The minimum Gasteiger partial charge on any atom is -0.391 e. The van der Waals surface area contributed by atoms with E-state index in [4.69, 9.17) is 4.74 Å². The molecule has 0 radical (unpaired) electrons. The summed E-state index contributed by atoms with van der Waals surface area (Å²) in [6.45, 7) is 0. The number of alkyl halides is 2. The normalized spacial score (nSPS) is 51.9. The number of fused-ring (bicyclic) bond motifs is 1. The van der Waals surface area contributed by atoms with Crippen molar-refractivity contribution in [1.82, 2.24) is 0 Å². The van der Waals surface area contributed by atoms with Gasteiger partial charge in [0.2, 0.25) is 0 Å². The smallest absolute Gasteiger partial charge is 0.333 e. The molecule has 3 aliphatic carbocycles. The lowest BCUT2D eigenvalue weighted by atomic mass is 9.63. The first-order valence-corrected chi connectivity index (χ1v) is 6.42. The Balaban J connectivity index is 2.25. The zero-order chi connectivity index (χ0) is 10.8. The van der Waals surface area contributed by atoms with Gasteiger partial charge in [0.15, 0.2) is 8.65 Å². The Kier molecular flexibility index (Phi) is 1.83. The monoisotopic (exact) mass is 334 g/mol. The number of cyclic esters (lactones) is 2. The molecule has 5 heteroatoms. The Labute approximate surface area is 103 Å². The number of ether oxygens (including phenoxy) is 1. The lowest BCUT2D eigenvalue weighted by Crippen LogP contribution is -2.61. The van der Waals surface area contributed by atoms with E-state index in [2.05, 4.69) is 31.9 Å². The first-order valence-electron chi connectivity index (χ1n) is 4.84. The molecular formula is C10H8Br2O3. The third kappa shape index (κ3) is 0.884. The number of esters is 2. The van der Waals surface area contributed by atoms with Crippen LogP contribution in [0.2, 0.25) is 0 Å². The molecular weight excluding hydrogens is 328 g/mol. The third-order valence-electron chi connectivity index (χ3n) is 3.70. The molecule has 0 unspecified atom stereocenters. The molecule has 0 aromatic carbocycles. The number of allylic oxidation sites excluding steroid dienone is 2. The van der Waals surface area contributed by atoms with Crippen LogP contribution in [0.5, 0.6) is 0 Å². The maximum absolute atomic E-state index is 11.8. The van der Waals surface area contributed by atoms with E-state index in [0.717, 1.165) is 12.8 Å². The second-order valence-corrected chi connectivity index (χ2v) is 6.78. The van der Waals surface area contributed by atoms with Gasteiger partial charge in [-0.2, -0.15) is 0 Å². The number of carbonyl (C=O) groups excluding carboxylic acids is 2.